The number of benzene rings is 1. The van der Waals surface area contributed by atoms with E-state index in [0.29, 0.717) is 35.1 Å². The van der Waals surface area contributed by atoms with Crippen LogP contribution in [0.2, 0.25) is 5.02 Å². The molecule has 0 aliphatic carbocycles. The minimum atomic E-state index is -0.597. The second-order valence-electron chi connectivity index (χ2n) is 6.80. The van der Waals surface area contributed by atoms with Crippen LogP contribution in [-0.2, 0) is 4.74 Å². The quantitative estimate of drug-likeness (QED) is 0.753. The van der Waals surface area contributed by atoms with Crippen molar-refractivity contribution in [2.24, 2.45) is 0 Å². The summed E-state index contributed by atoms with van der Waals surface area (Å²) < 4.78 is 10.7. The van der Waals surface area contributed by atoms with Crippen LogP contribution in [0.4, 0.5) is 0 Å². The Labute approximate surface area is 156 Å². The number of likely N-dealkylation sites (tertiary alicyclic amines) is 1. The molecule has 4 rings (SSSR count). The maximum Gasteiger partial charge on any atom is 0.349 e. The number of fused-ring (bicyclic) bond motifs is 1. The maximum absolute atomic E-state index is 12.8. The first-order valence-corrected chi connectivity index (χ1v) is 9.34. The normalized spacial score (nSPS) is 19.8. The Balaban J connectivity index is 1.49. The molecule has 1 amide bonds. The number of halogens is 1. The van der Waals surface area contributed by atoms with Gasteiger partial charge in [0.1, 0.15) is 11.1 Å². The monoisotopic (exact) mass is 376 g/mol. The van der Waals surface area contributed by atoms with E-state index in [9.17, 15) is 9.59 Å². The second kappa shape index (κ2) is 7.39. The van der Waals surface area contributed by atoms with Crippen LogP contribution in [0.3, 0.4) is 0 Å². The fourth-order valence-electron chi connectivity index (χ4n) is 3.79. The Morgan fingerprint density at radius 2 is 1.81 bits per heavy atom. The number of ether oxygens (including phenoxy) is 1. The number of hydrogen-bond acceptors (Lipinski definition) is 5. The van der Waals surface area contributed by atoms with Crippen LogP contribution in [0.5, 0.6) is 0 Å². The number of carbonyl (C=O) groups is 1. The van der Waals surface area contributed by atoms with Crippen LogP contribution in [0.15, 0.2) is 33.5 Å². The van der Waals surface area contributed by atoms with Crippen molar-refractivity contribution >= 4 is 28.5 Å². The van der Waals surface area contributed by atoms with Crippen molar-refractivity contribution in [2.45, 2.75) is 18.9 Å². The first-order chi connectivity index (χ1) is 12.6. The molecule has 2 saturated heterocycles. The molecule has 2 aromatic rings. The molecule has 138 valence electrons. The number of amides is 1. The van der Waals surface area contributed by atoms with Gasteiger partial charge in [-0.1, -0.05) is 11.6 Å². The van der Waals surface area contributed by atoms with Crippen molar-refractivity contribution in [3.05, 3.63) is 45.3 Å². The highest BCUT2D eigenvalue weighted by atomic mass is 35.5. The summed E-state index contributed by atoms with van der Waals surface area (Å²) in [6.07, 6.45) is 1.83. The summed E-state index contributed by atoms with van der Waals surface area (Å²) in [6.45, 7) is 4.75. The molecule has 0 atom stereocenters. The summed E-state index contributed by atoms with van der Waals surface area (Å²) >= 11 is 6.00. The van der Waals surface area contributed by atoms with Crippen LogP contribution in [-0.4, -0.2) is 61.1 Å². The minimum absolute atomic E-state index is 0.0737. The maximum atomic E-state index is 12.8. The molecule has 0 unspecified atom stereocenters. The van der Waals surface area contributed by atoms with Crippen LogP contribution >= 0.6 is 11.6 Å². The van der Waals surface area contributed by atoms with E-state index in [2.05, 4.69) is 4.90 Å². The van der Waals surface area contributed by atoms with E-state index >= 15 is 0 Å². The molecule has 0 N–H and O–H groups in total. The summed E-state index contributed by atoms with van der Waals surface area (Å²) in [7, 11) is 0. The fourth-order valence-corrected chi connectivity index (χ4v) is 3.97. The predicted octanol–water partition coefficient (Wildman–Crippen LogP) is 2.38. The topological polar surface area (TPSA) is 63.0 Å². The van der Waals surface area contributed by atoms with Crippen LogP contribution in [0.25, 0.3) is 11.0 Å². The van der Waals surface area contributed by atoms with Gasteiger partial charge in [-0.2, -0.15) is 0 Å². The van der Waals surface area contributed by atoms with E-state index in [4.69, 9.17) is 20.8 Å². The van der Waals surface area contributed by atoms with E-state index in [1.165, 1.54) is 0 Å². The molecule has 1 aromatic heterocycles. The molecule has 2 aliphatic heterocycles. The standard InChI is InChI=1S/C19H21ClN2O4/c20-14-1-2-17-13(11-14)12-16(19(24)26-17)18(23)22-5-3-15(4-6-22)21-7-9-25-10-8-21/h1-2,11-12,15H,3-10H2. The predicted molar refractivity (Wildman–Crippen MR) is 98.8 cm³/mol. The summed E-state index contributed by atoms with van der Waals surface area (Å²) in [5.41, 5.74) is -0.0910. The van der Waals surface area contributed by atoms with Gasteiger partial charge >= 0.3 is 5.63 Å². The van der Waals surface area contributed by atoms with Gasteiger partial charge in [0.25, 0.3) is 5.91 Å². The fraction of sp³-hybridized carbons (Fsp3) is 0.474. The SMILES string of the molecule is O=C(c1cc2cc(Cl)ccc2oc1=O)N1CCC(N2CCOCC2)CC1. The zero-order chi connectivity index (χ0) is 18.1. The Morgan fingerprint density at radius 1 is 1.08 bits per heavy atom. The third kappa shape index (κ3) is 3.49. The molecule has 3 heterocycles. The largest absolute Gasteiger partial charge is 0.422 e. The van der Waals surface area contributed by atoms with Crippen LogP contribution in [0.1, 0.15) is 23.2 Å². The molecule has 0 saturated carbocycles. The Morgan fingerprint density at radius 3 is 2.54 bits per heavy atom. The number of hydrogen-bond donors (Lipinski definition) is 0. The highest BCUT2D eigenvalue weighted by molar-refractivity contribution is 6.31. The molecular weight excluding hydrogens is 356 g/mol. The van der Waals surface area contributed by atoms with E-state index in [1.807, 2.05) is 0 Å². The third-order valence-electron chi connectivity index (χ3n) is 5.24. The van der Waals surface area contributed by atoms with Crippen LogP contribution in [0, 0.1) is 0 Å². The van der Waals surface area contributed by atoms with Gasteiger partial charge in [-0.15, -0.1) is 0 Å². The van der Waals surface area contributed by atoms with Crippen molar-refractivity contribution in [3.63, 3.8) is 0 Å². The molecule has 2 aliphatic rings. The van der Waals surface area contributed by atoms with Crippen molar-refractivity contribution < 1.29 is 13.9 Å². The number of morpholine rings is 1. The number of carbonyl (C=O) groups excluding carboxylic acids is 1. The van der Waals surface area contributed by atoms with Crippen molar-refractivity contribution in [2.75, 3.05) is 39.4 Å². The Bertz CT molecular complexity index is 867. The van der Waals surface area contributed by atoms with Gasteiger partial charge in [-0.05, 0) is 37.1 Å². The van der Waals surface area contributed by atoms with Gasteiger partial charge in [-0.3, -0.25) is 9.69 Å². The summed E-state index contributed by atoms with van der Waals surface area (Å²) in [5.74, 6) is -0.263. The number of nitrogens with zero attached hydrogens (tertiary/aromatic N) is 2. The molecule has 7 heteroatoms. The van der Waals surface area contributed by atoms with Crippen LogP contribution < -0.4 is 5.63 Å². The lowest BCUT2D eigenvalue weighted by Crippen LogP contribution is -2.50. The average molecular weight is 377 g/mol. The first kappa shape index (κ1) is 17.5. The van der Waals surface area contributed by atoms with E-state index in [0.717, 1.165) is 39.1 Å². The van der Waals surface area contributed by atoms with Gasteiger partial charge in [-0.25, -0.2) is 4.79 Å². The summed E-state index contributed by atoms with van der Waals surface area (Å²) in [4.78, 5) is 29.3. The van der Waals surface area contributed by atoms with Crippen molar-refractivity contribution in [1.29, 1.82) is 0 Å². The number of piperidine rings is 1. The second-order valence-corrected chi connectivity index (χ2v) is 7.24. The van der Waals surface area contributed by atoms with E-state index < -0.39 is 5.63 Å². The number of rotatable bonds is 2. The van der Waals surface area contributed by atoms with E-state index in [1.54, 1.807) is 29.2 Å². The highest BCUT2D eigenvalue weighted by Gasteiger charge is 2.29. The molecule has 0 spiro atoms. The van der Waals surface area contributed by atoms with Gasteiger partial charge in [0, 0.05) is 42.6 Å². The third-order valence-corrected chi connectivity index (χ3v) is 5.47. The lowest BCUT2D eigenvalue weighted by Gasteiger charge is -2.40. The van der Waals surface area contributed by atoms with Gasteiger partial charge in [0.05, 0.1) is 13.2 Å². The van der Waals surface area contributed by atoms with Crippen molar-refractivity contribution in [3.8, 4) is 0 Å². The molecule has 26 heavy (non-hydrogen) atoms. The van der Waals surface area contributed by atoms with E-state index in [-0.39, 0.29) is 11.5 Å². The Hall–Kier alpha value is -1.89. The first-order valence-electron chi connectivity index (χ1n) is 8.96. The lowest BCUT2D eigenvalue weighted by molar-refractivity contribution is 0.00155. The molecule has 1 aromatic carbocycles. The lowest BCUT2D eigenvalue weighted by atomic mass is 10.0. The average Bonchev–Trinajstić information content (AvgIpc) is 2.68. The van der Waals surface area contributed by atoms with Gasteiger partial charge in [0.15, 0.2) is 0 Å². The molecular formula is C19H21ClN2O4. The van der Waals surface area contributed by atoms with Gasteiger partial charge in [0.2, 0.25) is 0 Å². The minimum Gasteiger partial charge on any atom is -0.422 e. The molecule has 6 nitrogen and oxygen atoms in total. The van der Waals surface area contributed by atoms with Gasteiger partial charge < -0.3 is 14.1 Å². The zero-order valence-electron chi connectivity index (χ0n) is 14.4. The molecule has 2 fully saturated rings. The molecule has 0 radical (unpaired) electrons. The highest BCUT2D eigenvalue weighted by Crippen LogP contribution is 2.22. The smallest absolute Gasteiger partial charge is 0.349 e. The Kier molecular flexibility index (Phi) is 4.98. The summed E-state index contributed by atoms with van der Waals surface area (Å²) in [6, 6.07) is 7.06. The summed E-state index contributed by atoms with van der Waals surface area (Å²) in [5, 5.41) is 1.19. The van der Waals surface area contributed by atoms with Crippen molar-refractivity contribution in [1.82, 2.24) is 9.80 Å². The molecule has 0 bridgehead atoms. The zero-order valence-corrected chi connectivity index (χ0v) is 15.2.